The average Bonchev–Trinajstić information content (AvgIpc) is 2.58. The summed E-state index contributed by atoms with van der Waals surface area (Å²) in [5, 5.41) is 0.716. The fourth-order valence-electron chi connectivity index (χ4n) is 2.14. The first-order valence-corrected chi connectivity index (χ1v) is 8.10. The maximum absolute atomic E-state index is 11.0. The molecule has 0 atom stereocenters. The van der Waals surface area contributed by atoms with Crippen LogP contribution in [-0.4, -0.2) is 25.7 Å². The van der Waals surface area contributed by atoms with Crippen LogP contribution in [-0.2, 0) is 9.53 Å². The van der Waals surface area contributed by atoms with Crippen LogP contribution in [0.5, 0.6) is 11.5 Å². The molecule has 25 heavy (non-hydrogen) atoms. The Kier molecular flexibility index (Phi) is 6.53. The van der Waals surface area contributed by atoms with Gasteiger partial charge in [0, 0.05) is 12.3 Å². The molecule has 1 heterocycles. The lowest BCUT2D eigenvalue weighted by Gasteiger charge is -2.16. The Morgan fingerprint density at radius 2 is 1.68 bits per heavy atom. The maximum atomic E-state index is 11.0. The lowest BCUT2D eigenvalue weighted by atomic mass is 10.1. The molecule has 0 N–H and O–H groups in total. The van der Waals surface area contributed by atoms with Gasteiger partial charge in [-0.2, -0.15) is 0 Å². The largest absolute Gasteiger partial charge is 0.495 e. The summed E-state index contributed by atoms with van der Waals surface area (Å²) >= 11 is 18.6. The number of hydrogen-bond acceptors (Lipinski definition) is 5. The first kappa shape index (κ1) is 19.4. The van der Waals surface area contributed by atoms with Gasteiger partial charge < -0.3 is 14.2 Å². The van der Waals surface area contributed by atoms with E-state index in [9.17, 15) is 4.79 Å². The lowest BCUT2D eigenvalue weighted by molar-refractivity contribution is -0.122. The van der Waals surface area contributed by atoms with Crippen LogP contribution >= 0.6 is 34.8 Å². The summed E-state index contributed by atoms with van der Waals surface area (Å²) in [4.78, 5) is 15.0. The van der Waals surface area contributed by atoms with Crippen LogP contribution in [0.3, 0.4) is 0 Å². The molecule has 0 saturated carbocycles. The van der Waals surface area contributed by atoms with Gasteiger partial charge in [0.25, 0.3) is 6.47 Å². The smallest absolute Gasteiger partial charge is 0.298 e. The third-order valence-corrected chi connectivity index (χ3v) is 4.36. The summed E-state index contributed by atoms with van der Waals surface area (Å²) in [7, 11) is 2.91. The number of rotatable bonds is 6. The van der Waals surface area contributed by atoms with Gasteiger partial charge in [-0.15, -0.1) is 0 Å². The Balaban J connectivity index is 2.72. The molecule has 132 valence electrons. The monoisotopic (exact) mass is 401 g/mol. The molecule has 1 aromatic heterocycles. The zero-order valence-corrected chi connectivity index (χ0v) is 15.9. The van der Waals surface area contributed by atoms with Gasteiger partial charge in [0.15, 0.2) is 0 Å². The summed E-state index contributed by atoms with van der Waals surface area (Å²) in [5.74, 6) is 0.767. The van der Waals surface area contributed by atoms with Gasteiger partial charge in [-0.1, -0.05) is 34.8 Å². The van der Waals surface area contributed by atoms with Crippen LogP contribution in [0.1, 0.15) is 16.7 Å². The number of carbonyl (C=O) groups is 1. The highest BCUT2D eigenvalue weighted by Crippen LogP contribution is 2.44. The van der Waals surface area contributed by atoms with Crippen molar-refractivity contribution in [3.05, 3.63) is 50.2 Å². The third kappa shape index (κ3) is 4.18. The Morgan fingerprint density at radius 1 is 1.08 bits per heavy atom. The molecule has 0 unspecified atom stereocenters. The zero-order chi connectivity index (χ0) is 18.6. The van der Waals surface area contributed by atoms with E-state index in [-0.39, 0.29) is 27.8 Å². The van der Waals surface area contributed by atoms with E-state index in [1.54, 1.807) is 24.4 Å². The molecule has 0 amide bonds. The van der Waals surface area contributed by atoms with E-state index in [1.807, 2.05) is 6.92 Å². The van der Waals surface area contributed by atoms with Gasteiger partial charge in [0.1, 0.15) is 22.4 Å². The third-order valence-electron chi connectivity index (χ3n) is 3.40. The minimum Gasteiger partial charge on any atom is -0.495 e. The zero-order valence-electron chi connectivity index (χ0n) is 13.6. The van der Waals surface area contributed by atoms with Crippen molar-refractivity contribution in [3.8, 4) is 11.5 Å². The van der Waals surface area contributed by atoms with Gasteiger partial charge in [0.05, 0.1) is 29.8 Å². The van der Waals surface area contributed by atoms with Crippen LogP contribution in [0.2, 0.25) is 15.2 Å². The van der Waals surface area contributed by atoms with E-state index in [2.05, 4.69) is 4.98 Å². The normalized spacial score (nSPS) is 11.2. The van der Waals surface area contributed by atoms with Crippen molar-refractivity contribution in [1.29, 1.82) is 0 Å². The number of halogens is 3. The molecule has 2 rings (SSSR count). The summed E-state index contributed by atoms with van der Waals surface area (Å²) < 4.78 is 15.6. The molecular weight excluding hydrogens is 389 g/mol. The minimum absolute atomic E-state index is 0.120. The molecule has 0 saturated heterocycles. The van der Waals surface area contributed by atoms with Crippen LogP contribution < -0.4 is 9.47 Å². The molecule has 0 aliphatic heterocycles. The van der Waals surface area contributed by atoms with E-state index < -0.39 is 0 Å². The molecule has 0 bridgehead atoms. The topological polar surface area (TPSA) is 57.6 Å². The van der Waals surface area contributed by atoms with Crippen molar-refractivity contribution in [2.24, 2.45) is 0 Å². The standard InChI is InChI=1S/C17H14Cl3NO4/c1-9-4-14(18)21-7-10(9)5-11(25-8-22)15-16(19)12(23-2)6-13(24-3)17(15)20/h4-8H,1-3H3/b11-5-. The van der Waals surface area contributed by atoms with Gasteiger partial charge in [-0.05, 0) is 30.2 Å². The van der Waals surface area contributed by atoms with E-state index in [0.717, 1.165) is 5.56 Å². The van der Waals surface area contributed by atoms with Gasteiger partial charge in [-0.25, -0.2) is 4.98 Å². The highest BCUT2D eigenvalue weighted by atomic mass is 35.5. The molecule has 0 aliphatic carbocycles. The number of methoxy groups -OCH3 is 2. The number of aryl methyl sites for hydroxylation is 1. The van der Waals surface area contributed by atoms with Gasteiger partial charge in [-0.3, -0.25) is 4.79 Å². The molecule has 0 fully saturated rings. The number of pyridine rings is 1. The number of nitrogens with zero attached hydrogens (tertiary/aromatic N) is 1. The summed E-state index contributed by atoms with van der Waals surface area (Å²) in [6, 6.07) is 3.23. The number of ether oxygens (including phenoxy) is 3. The molecule has 8 heteroatoms. The number of aromatic nitrogens is 1. The van der Waals surface area contributed by atoms with E-state index >= 15 is 0 Å². The number of hydrogen-bond donors (Lipinski definition) is 0. The predicted molar refractivity (Wildman–Crippen MR) is 98.6 cm³/mol. The Bertz CT molecular complexity index is 809. The highest BCUT2D eigenvalue weighted by molar-refractivity contribution is 6.39. The summed E-state index contributed by atoms with van der Waals surface area (Å²) in [6.07, 6.45) is 3.13. The van der Waals surface area contributed by atoms with Crippen LogP contribution in [0.15, 0.2) is 18.3 Å². The van der Waals surface area contributed by atoms with Gasteiger partial charge >= 0.3 is 0 Å². The Morgan fingerprint density at radius 3 is 2.16 bits per heavy atom. The van der Waals surface area contributed by atoms with Crippen LogP contribution in [0.4, 0.5) is 0 Å². The van der Waals surface area contributed by atoms with Crippen LogP contribution in [0.25, 0.3) is 11.8 Å². The lowest BCUT2D eigenvalue weighted by Crippen LogP contribution is -1.99. The number of carbonyl (C=O) groups excluding carboxylic acids is 1. The molecule has 0 aliphatic rings. The fourth-order valence-corrected chi connectivity index (χ4v) is 3.04. The summed E-state index contributed by atoms with van der Waals surface area (Å²) in [6.45, 7) is 2.12. The first-order chi connectivity index (χ1) is 11.9. The second kappa shape index (κ2) is 8.43. The van der Waals surface area contributed by atoms with E-state index in [4.69, 9.17) is 49.0 Å². The van der Waals surface area contributed by atoms with Crippen molar-refractivity contribution in [2.75, 3.05) is 14.2 Å². The minimum atomic E-state index is 0.120. The second-order valence-corrected chi connectivity index (χ2v) is 6.01. The highest BCUT2D eigenvalue weighted by Gasteiger charge is 2.22. The molecule has 5 nitrogen and oxygen atoms in total. The Hall–Kier alpha value is -1.95. The molecule has 0 radical (unpaired) electrons. The average molecular weight is 403 g/mol. The maximum Gasteiger partial charge on any atom is 0.298 e. The van der Waals surface area contributed by atoms with Crippen LogP contribution in [0, 0.1) is 6.92 Å². The van der Waals surface area contributed by atoms with Crippen molar-refractivity contribution in [3.63, 3.8) is 0 Å². The predicted octanol–water partition coefficient (Wildman–Crippen LogP) is 5.04. The molecular formula is C17H14Cl3NO4. The van der Waals surface area contributed by atoms with E-state index in [0.29, 0.717) is 22.2 Å². The molecule has 1 aromatic carbocycles. The SMILES string of the molecule is COc1cc(OC)c(Cl)c(/C(=C/c2cnc(Cl)cc2C)OC=O)c1Cl. The molecule has 2 aromatic rings. The van der Waals surface area contributed by atoms with Crippen molar-refractivity contribution < 1.29 is 19.0 Å². The second-order valence-electron chi connectivity index (χ2n) is 4.87. The quantitative estimate of drug-likeness (QED) is 0.385. The van der Waals surface area contributed by atoms with Gasteiger partial charge in [0.2, 0.25) is 0 Å². The Labute approximate surface area is 160 Å². The number of benzene rings is 1. The van der Waals surface area contributed by atoms with Crippen molar-refractivity contribution in [1.82, 2.24) is 4.98 Å². The first-order valence-electron chi connectivity index (χ1n) is 6.97. The van der Waals surface area contributed by atoms with Crippen molar-refractivity contribution >= 4 is 53.1 Å². The fraction of sp³-hybridized carbons (Fsp3) is 0.176. The van der Waals surface area contributed by atoms with Crippen molar-refractivity contribution in [2.45, 2.75) is 6.92 Å². The van der Waals surface area contributed by atoms with E-state index in [1.165, 1.54) is 14.2 Å². The summed E-state index contributed by atoms with van der Waals surface area (Å²) in [5.41, 5.74) is 1.77. The molecule has 0 spiro atoms.